The number of nitrogens with zero attached hydrogens (tertiary/aromatic N) is 1. The molecule has 1 amide bonds. The first-order valence-electron chi connectivity index (χ1n) is 9.06. The summed E-state index contributed by atoms with van der Waals surface area (Å²) in [5.74, 6) is -0.936. The number of halogens is 1. The Bertz CT molecular complexity index is 1080. The van der Waals surface area contributed by atoms with Gasteiger partial charge in [0.2, 0.25) is 5.95 Å². The maximum absolute atomic E-state index is 14.4. The molecule has 28 heavy (non-hydrogen) atoms. The second kappa shape index (κ2) is 7.46. The summed E-state index contributed by atoms with van der Waals surface area (Å²) in [6.07, 6.45) is 2.73. The molecular formula is C20H24FN5O2. The highest BCUT2D eigenvalue weighted by Crippen LogP contribution is 2.18. The summed E-state index contributed by atoms with van der Waals surface area (Å²) in [5.41, 5.74) is 7.11. The zero-order chi connectivity index (χ0) is 20.5. The number of rotatable bonds is 5. The highest BCUT2D eigenvalue weighted by atomic mass is 19.1. The molecule has 2 aromatic heterocycles. The molecule has 5 N–H and O–H groups in total. The van der Waals surface area contributed by atoms with Crippen LogP contribution in [0.2, 0.25) is 0 Å². The molecule has 0 spiro atoms. The molecule has 0 bridgehead atoms. The number of aryl methyl sites for hydroxylation is 2. The van der Waals surface area contributed by atoms with Crippen molar-refractivity contribution in [1.29, 1.82) is 0 Å². The second-order valence-electron chi connectivity index (χ2n) is 8.05. The molecular weight excluding hydrogens is 361 g/mol. The summed E-state index contributed by atoms with van der Waals surface area (Å²) < 4.78 is 14.4. The Kier molecular flexibility index (Phi) is 5.22. The number of nitrogens with one attached hydrogen (secondary N) is 3. The number of carbonyl (C=O) groups excluding carboxylic acids is 1. The van der Waals surface area contributed by atoms with Gasteiger partial charge < -0.3 is 16.0 Å². The van der Waals surface area contributed by atoms with Gasteiger partial charge in [0.15, 0.2) is 0 Å². The quantitative estimate of drug-likeness (QED) is 0.540. The van der Waals surface area contributed by atoms with E-state index in [4.69, 9.17) is 5.73 Å². The fourth-order valence-corrected chi connectivity index (χ4v) is 2.94. The molecule has 2 heterocycles. The molecule has 0 aliphatic rings. The number of anilines is 1. The number of nitrogen functional groups attached to an aromatic ring is 1. The number of benzene rings is 1. The Labute approximate surface area is 161 Å². The molecule has 1 aromatic carbocycles. The second-order valence-corrected chi connectivity index (χ2v) is 8.05. The van der Waals surface area contributed by atoms with E-state index in [1.807, 2.05) is 20.8 Å². The van der Waals surface area contributed by atoms with Crippen molar-refractivity contribution in [3.63, 3.8) is 0 Å². The minimum absolute atomic E-state index is 0.0243. The summed E-state index contributed by atoms with van der Waals surface area (Å²) in [6, 6.07) is 4.58. The van der Waals surface area contributed by atoms with Gasteiger partial charge >= 0.3 is 0 Å². The van der Waals surface area contributed by atoms with Gasteiger partial charge in [0.1, 0.15) is 11.5 Å². The van der Waals surface area contributed by atoms with Crippen LogP contribution in [0.5, 0.6) is 0 Å². The normalized spacial score (nSPS) is 11.7. The monoisotopic (exact) mass is 385 g/mol. The van der Waals surface area contributed by atoms with Crippen molar-refractivity contribution >= 4 is 22.9 Å². The number of amides is 1. The lowest BCUT2D eigenvalue weighted by Crippen LogP contribution is -2.32. The lowest BCUT2D eigenvalue weighted by molar-refractivity contribution is 0.0935. The van der Waals surface area contributed by atoms with Crippen molar-refractivity contribution in [2.45, 2.75) is 33.6 Å². The third kappa shape index (κ3) is 4.39. The number of hydrogen-bond acceptors (Lipinski definition) is 4. The van der Waals surface area contributed by atoms with Gasteiger partial charge in [-0.2, -0.15) is 4.98 Å². The Hall–Kier alpha value is -3.16. The topological polar surface area (TPSA) is 117 Å². The van der Waals surface area contributed by atoms with Crippen molar-refractivity contribution in [1.82, 2.24) is 20.3 Å². The number of fused-ring (bicyclic) bond motifs is 1. The molecule has 0 saturated carbocycles. The predicted octanol–water partition coefficient (Wildman–Crippen LogP) is 2.53. The van der Waals surface area contributed by atoms with Crippen molar-refractivity contribution in [3.05, 3.63) is 57.3 Å². The largest absolute Gasteiger partial charge is 0.369 e. The van der Waals surface area contributed by atoms with E-state index in [-0.39, 0.29) is 22.5 Å². The Morgan fingerprint density at radius 3 is 2.71 bits per heavy atom. The van der Waals surface area contributed by atoms with E-state index < -0.39 is 11.7 Å². The average molecular weight is 385 g/mol. The lowest BCUT2D eigenvalue weighted by atomic mass is 9.97. The number of nitrogens with two attached hydrogens (primary N) is 1. The van der Waals surface area contributed by atoms with Crippen LogP contribution in [0.25, 0.3) is 11.0 Å². The standard InChI is InChI=1S/C20H24FN5O2/c1-20(2,3)10-24-17(27)13-7-5-11(8-14(13)21)4-6-12-9-23-16-15(12)18(28)26-19(22)25-16/h5,7-9H,4,6,10H2,1-3H3,(H,24,27)(H4,22,23,25,26,28). The molecule has 7 nitrogen and oxygen atoms in total. The van der Waals surface area contributed by atoms with Gasteiger partial charge in [-0.15, -0.1) is 0 Å². The van der Waals surface area contributed by atoms with Crippen LogP contribution in [0, 0.1) is 11.2 Å². The summed E-state index contributed by atoms with van der Waals surface area (Å²) in [4.78, 5) is 33.7. The molecule has 0 aliphatic carbocycles. The number of H-pyrrole nitrogens is 2. The SMILES string of the molecule is CC(C)(C)CNC(=O)c1ccc(CCc2c[nH]c3nc(N)[nH]c(=O)c23)cc1F. The highest BCUT2D eigenvalue weighted by Gasteiger charge is 2.16. The summed E-state index contributed by atoms with van der Waals surface area (Å²) in [5, 5.41) is 3.20. The minimum atomic E-state index is -0.560. The minimum Gasteiger partial charge on any atom is -0.369 e. The Balaban J connectivity index is 1.72. The molecule has 0 atom stereocenters. The van der Waals surface area contributed by atoms with Crippen LogP contribution < -0.4 is 16.6 Å². The molecule has 148 valence electrons. The zero-order valence-electron chi connectivity index (χ0n) is 16.1. The van der Waals surface area contributed by atoms with E-state index >= 15 is 0 Å². The van der Waals surface area contributed by atoms with E-state index in [2.05, 4.69) is 20.3 Å². The van der Waals surface area contributed by atoms with E-state index in [1.165, 1.54) is 12.1 Å². The van der Waals surface area contributed by atoms with Gasteiger partial charge in [0.25, 0.3) is 11.5 Å². The van der Waals surface area contributed by atoms with Crippen LogP contribution in [0.15, 0.2) is 29.2 Å². The van der Waals surface area contributed by atoms with Crippen LogP contribution in [0.3, 0.4) is 0 Å². The Morgan fingerprint density at radius 1 is 1.29 bits per heavy atom. The van der Waals surface area contributed by atoms with E-state index in [1.54, 1.807) is 12.3 Å². The zero-order valence-corrected chi connectivity index (χ0v) is 16.1. The van der Waals surface area contributed by atoms with Crippen molar-refractivity contribution < 1.29 is 9.18 Å². The van der Waals surface area contributed by atoms with Crippen LogP contribution in [-0.4, -0.2) is 27.4 Å². The molecule has 0 unspecified atom stereocenters. The third-order valence-corrected chi connectivity index (χ3v) is 4.38. The van der Waals surface area contributed by atoms with Crippen molar-refractivity contribution in [2.24, 2.45) is 5.41 Å². The first kappa shape index (κ1) is 19.6. The lowest BCUT2D eigenvalue weighted by Gasteiger charge is -2.18. The van der Waals surface area contributed by atoms with Crippen molar-refractivity contribution in [3.8, 4) is 0 Å². The van der Waals surface area contributed by atoms with E-state index in [0.29, 0.717) is 30.4 Å². The Morgan fingerprint density at radius 2 is 2.04 bits per heavy atom. The maximum Gasteiger partial charge on any atom is 0.262 e. The molecule has 8 heteroatoms. The molecule has 3 rings (SSSR count). The predicted molar refractivity (Wildman–Crippen MR) is 107 cm³/mol. The maximum atomic E-state index is 14.4. The first-order valence-corrected chi connectivity index (χ1v) is 9.06. The molecule has 0 fully saturated rings. The molecule has 0 saturated heterocycles. The smallest absolute Gasteiger partial charge is 0.262 e. The fourth-order valence-electron chi connectivity index (χ4n) is 2.94. The summed E-state index contributed by atoms with van der Waals surface area (Å²) in [6.45, 7) is 6.44. The van der Waals surface area contributed by atoms with Gasteiger partial charge in [-0.3, -0.25) is 14.6 Å². The van der Waals surface area contributed by atoms with Crippen LogP contribution in [0.4, 0.5) is 10.3 Å². The highest BCUT2D eigenvalue weighted by molar-refractivity contribution is 5.94. The molecule has 0 radical (unpaired) electrons. The fraction of sp³-hybridized carbons (Fsp3) is 0.350. The number of hydrogen-bond donors (Lipinski definition) is 4. The van der Waals surface area contributed by atoms with Gasteiger partial charge in [0.05, 0.1) is 10.9 Å². The van der Waals surface area contributed by atoms with Crippen molar-refractivity contribution in [2.75, 3.05) is 12.3 Å². The molecule has 3 aromatic rings. The average Bonchev–Trinajstić information content (AvgIpc) is 3.00. The number of aromatic amines is 2. The van der Waals surface area contributed by atoms with Gasteiger partial charge in [0, 0.05) is 12.7 Å². The third-order valence-electron chi connectivity index (χ3n) is 4.38. The van der Waals surface area contributed by atoms with Crippen LogP contribution >= 0.6 is 0 Å². The van der Waals surface area contributed by atoms with Crippen LogP contribution in [-0.2, 0) is 12.8 Å². The molecule has 0 aliphatic heterocycles. The number of carbonyl (C=O) groups is 1. The van der Waals surface area contributed by atoms with Crippen LogP contribution in [0.1, 0.15) is 42.3 Å². The van der Waals surface area contributed by atoms with E-state index in [9.17, 15) is 14.0 Å². The van der Waals surface area contributed by atoms with Gasteiger partial charge in [-0.1, -0.05) is 26.8 Å². The van der Waals surface area contributed by atoms with Gasteiger partial charge in [-0.05, 0) is 41.5 Å². The summed E-state index contributed by atoms with van der Waals surface area (Å²) >= 11 is 0. The van der Waals surface area contributed by atoms with Gasteiger partial charge in [-0.25, -0.2) is 4.39 Å². The first-order chi connectivity index (χ1) is 13.1. The van der Waals surface area contributed by atoms with E-state index in [0.717, 1.165) is 11.1 Å². The summed E-state index contributed by atoms with van der Waals surface area (Å²) in [7, 11) is 0. The number of aromatic nitrogens is 3.